The first-order valence-electron chi connectivity index (χ1n) is 5.09. The first kappa shape index (κ1) is 10.8. The molecule has 0 saturated heterocycles. The van der Waals surface area contributed by atoms with Gasteiger partial charge in [-0.1, -0.05) is 24.3 Å². The molecule has 76 valence electrons. The third-order valence-corrected chi connectivity index (χ3v) is 2.18. The highest BCUT2D eigenvalue weighted by atomic mass is 15.0. The summed E-state index contributed by atoms with van der Waals surface area (Å²) in [6, 6.07) is 0. The van der Waals surface area contributed by atoms with Gasteiger partial charge in [-0.3, -0.25) is 0 Å². The van der Waals surface area contributed by atoms with Gasteiger partial charge in [0.25, 0.3) is 0 Å². The van der Waals surface area contributed by atoms with Crippen molar-refractivity contribution in [3.8, 4) is 0 Å². The highest BCUT2D eigenvalue weighted by Gasteiger charge is 1.97. The smallest absolute Gasteiger partial charge is 0.00556 e. The third-order valence-electron chi connectivity index (χ3n) is 2.18. The second-order valence-corrected chi connectivity index (χ2v) is 3.79. The molecule has 1 nitrogen and oxygen atoms in total. The molecule has 0 aromatic rings. The van der Waals surface area contributed by atoms with Gasteiger partial charge in [0.15, 0.2) is 0 Å². The number of hydrogen-bond acceptors (Lipinski definition) is 1. The van der Waals surface area contributed by atoms with Gasteiger partial charge in [-0.15, -0.1) is 0 Å². The average Bonchev–Trinajstić information content (AvgIpc) is 2.18. The van der Waals surface area contributed by atoms with E-state index in [1.807, 2.05) is 19.0 Å². The number of nitrogens with zero attached hydrogens (tertiary/aromatic N) is 1. The normalized spacial score (nSPS) is 17.4. The van der Waals surface area contributed by atoms with Gasteiger partial charge in [0.05, 0.1) is 0 Å². The molecule has 0 bridgehead atoms. The Morgan fingerprint density at radius 1 is 1.36 bits per heavy atom. The van der Waals surface area contributed by atoms with Crippen molar-refractivity contribution in [2.24, 2.45) is 0 Å². The first-order valence-corrected chi connectivity index (χ1v) is 5.09. The summed E-state index contributed by atoms with van der Waals surface area (Å²) in [5.41, 5.74) is 2.69. The Morgan fingerprint density at radius 3 is 2.71 bits per heavy atom. The monoisotopic (exact) mass is 189 g/mol. The Balaban J connectivity index is 2.60. The molecule has 0 aliphatic heterocycles. The van der Waals surface area contributed by atoms with Crippen molar-refractivity contribution in [2.45, 2.75) is 19.8 Å². The zero-order valence-electron chi connectivity index (χ0n) is 9.33. The van der Waals surface area contributed by atoms with Crippen molar-refractivity contribution >= 4 is 0 Å². The molecule has 0 atom stereocenters. The van der Waals surface area contributed by atoms with Gasteiger partial charge >= 0.3 is 0 Å². The Labute approximate surface area is 87.1 Å². The van der Waals surface area contributed by atoms with E-state index >= 15 is 0 Å². The minimum atomic E-state index is 1.18. The van der Waals surface area contributed by atoms with E-state index in [0.717, 1.165) is 0 Å². The molecule has 1 rings (SSSR count). The van der Waals surface area contributed by atoms with Crippen LogP contribution < -0.4 is 0 Å². The van der Waals surface area contributed by atoms with E-state index in [1.54, 1.807) is 0 Å². The summed E-state index contributed by atoms with van der Waals surface area (Å²) in [5, 5.41) is 0. The molecule has 0 saturated carbocycles. The molecule has 0 heterocycles. The molecule has 0 spiro atoms. The third kappa shape index (κ3) is 3.65. The number of hydrogen-bond donors (Lipinski definition) is 0. The maximum Gasteiger partial charge on any atom is 0.00556 e. The van der Waals surface area contributed by atoms with Gasteiger partial charge in [-0.05, 0) is 43.2 Å². The van der Waals surface area contributed by atoms with E-state index in [0.29, 0.717) is 0 Å². The predicted octanol–water partition coefficient (Wildman–Crippen LogP) is 3.28. The fourth-order valence-electron chi connectivity index (χ4n) is 1.36. The molecule has 0 aromatic carbocycles. The largest absolute Gasteiger partial charge is 0.383 e. The standard InChI is InChI=1S/C13H19N/c1-12(8-7-11-14(2)3)13-9-5-4-6-10-13/h5,7-11H,4,6H2,1-3H3/b11-7-,12-8+. The van der Waals surface area contributed by atoms with Gasteiger partial charge in [0.1, 0.15) is 0 Å². The van der Waals surface area contributed by atoms with Crippen LogP contribution in [0.25, 0.3) is 0 Å². The maximum atomic E-state index is 2.30. The van der Waals surface area contributed by atoms with Crippen LogP contribution in [0.2, 0.25) is 0 Å². The Bertz CT molecular complexity index is 290. The minimum Gasteiger partial charge on any atom is -0.383 e. The summed E-state index contributed by atoms with van der Waals surface area (Å²) in [6.45, 7) is 2.15. The molecular weight excluding hydrogens is 170 g/mol. The Kier molecular flexibility index (Phi) is 4.24. The zero-order valence-corrected chi connectivity index (χ0v) is 9.33. The van der Waals surface area contributed by atoms with Gasteiger partial charge in [-0.25, -0.2) is 0 Å². The molecule has 0 N–H and O–H groups in total. The lowest BCUT2D eigenvalue weighted by Crippen LogP contribution is -1.99. The molecule has 0 unspecified atom stereocenters. The van der Waals surface area contributed by atoms with Crippen LogP contribution in [-0.2, 0) is 0 Å². The highest BCUT2D eigenvalue weighted by Crippen LogP contribution is 2.17. The number of allylic oxidation sites excluding steroid dienone is 7. The summed E-state index contributed by atoms with van der Waals surface area (Å²) >= 11 is 0. The van der Waals surface area contributed by atoms with Crippen LogP contribution >= 0.6 is 0 Å². The second-order valence-electron chi connectivity index (χ2n) is 3.79. The van der Waals surface area contributed by atoms with Crippen LogP contribution in [0.1, 0.15) is 19.8 Å². The van der Waals surface area contributed by atoms with Crippen LogP contribution in [0, 0.1) is 0 Å². The van der Waals surface area contributed by atoms with Crippen molar-refractivity contribution < 1.29 is 0 Å². The quantitative estimate of drug-likeness (QED) is 0.616. The van der Waals surface area contributed by atoms with Crippen molar-refractivity contribution in [3.63, 3.8) is 0 Å². The summed E-state index contributed by atoms with van der Waals surface area (Å²) in [6.07, 6.45) is 15.4. The molecule has 0 amide bonds. The highest BCUT2D eigenvalue weighted by molar-refractivity contribution is 5.41. The fraction of sp³-hybridized carbons (Fsp3) is 0.385. The molecule has 1 aliphatic carbocycles. The van der Waals surface area contributed by atoms with Crippen LogP contribution in [0.15, 0.2) is 47.7 Å². The predicted molar refractivity (Wildman–Crippen MR) is 63.0 cm³/mol. The van der Waals surface area contributed by atoms with Gasteiger partial charge in [0.2, 0.25) is 0 Å². The van der Waals surface area contributed by atoms with Crippen LogP contribution in [0.5, 0.6) is 0 Å². The van der Waals surface area contributed by atoms with Crippen molar-refractivity contribution in [1.82, 2.24) is 4.90 Å². The molecule has 0 fully saturated rings. The van der Waals surface area contributed by atoms with E-state index < -0.39 is 0 Å². The van der Waals surface area contributed by atoms with Gasteiger partial charge in [0, 0.05) is 14.1 Å². The maximum absolute atomic E-state index is 2.30. The van der Waals surface area contributed by atoms with E-state index in [-0.39, 0.29) is 0 Å². The van der Waals surface area contributed by atoms with Crippen molar-refractivity contribution in [2.75, 3.05) is 14.1 Å². The second kappa shape index (κ2) is 5.48. The summed E-state index contributed by atoms with van der Waals surface area (Å²) in [5.74, 6) is 0. The van der Waals surface area contributed by atoms with E-state index in [4.69, 9.17) is 0 Å². The van der Waals surface area contributed by atoms with E-state index in [9.17, 15) is 0 Å². The topological polar surface area (TPSA) is 3.24 Å². The molecule has 14 heavy (non-hydrogen) atoms. The SMILES string of the molecule is C/C(=C\C=C/N(C)C)C1=CCCC=C1. The Hall–Kier alpha value is -1.24. The summed E-state index contributed by atoms with van der Waals surface area (Å²) < 4.78 is 0. The van der Waals surface area contributed by atoms with Crippen LogP contribution in [0.4, 0.5) is 0 Å². The van der Waals surface area contributed by atoms with Gasteiger partial charge < -0.3 is 4.90 Å². The lowest BCUT2D eigenvalue weighted by molar-refractivity contribution is 0.564. The van der Waals surface area contributed by atoms with E-state index in [2.05, 4.69) is 43.5 Å². The lowest BCUT2D eigenvalue weighted by Gasteiger charge is -2.06. The van der Waals surface area contributed by atoms with Crippen LogP contribution in [-0.4, -0.2) is 19.0 Å². The molecule has 0 radical (unpaired) electrons. The van der Waals surface area contributed by atoms with Gasteiger partial charge in [-0.2, -0.15) is 0 Å². The molecule has 0 aromatic heterocycles. The zero-order chi connectivity index (χ0) is 10.4. The molecule has 1 aliphatic rings. The summed E-state index contributed by atoms with van der Waals surface area (Å²) in [7, 11) is 4.05. The fourth-order valence-corrected chi connectivity index (χ4v) is 1.36. The van der Waals surface area contributed by atoms with Crippen molar-refractivity contribution in [1.29, 1.82) is 0 Å². The van der Waals surface area contributed by atoms with Crippen LogP contribution in [0.3, 0.4) is 0 Å². The minimum absolute atomic E-state index is 1.18. The number of rotatable bonds is 3. The average molecular weight is 189 g/mol. The lowest BCUT2D eigenvalue weighted by atomic mass is 10.0. The Morgan fingerprint density at radius 2 is 2.14 bits per heavy atom. The summed E-state index contributed by atoms with van der Waals surface area (Å²) in [4.78, 5) is 2.04. The molecular formula is C13H19N. The van der Waals surface area contributed by atoms with E-state index in [1.165, 1.54) is 24.0 Å². The van der Waals surface area contributed by atoms with Crippen molar-refractivity contribution in [3.05, 3.63) is 47.7 Å². The molecule has 1 heteroatoms. The first-order chi connectivity index (χ1) is 6.70.